The minimum Gasteiger partial charge on any atom is -0.325 e. The van der Waals surface area contributed by atoms with Crippen molar-refractivity contribution in [2.45, 2.75) is 33.7 Å². The first-order chi connectivity index (χ1) is 21.7. The molecule has 4 heterocycles. The van der Waals surface area contributed by atoms with Crippen LogP contribution in [0.4, 0.5) is 14.5 Å². The average Bonchev–Trinajstić information content (AvgIpc) is 3.59. The Balaban J connectivity index is 1.37. The number of anilines is 1. The molecule has 0 fully saturated rings. The molecule has 6 rings (SSSR count). The van der Waals surface area contributed by atoms with E-state index in [1.165, 1.54) is 24.4 Å². The highest BCUT2D eigenvalue weighted by atomic mass is 32.2. The number of nitrogens with one attached hydrogen (secondary N) is 4. The summed E-state index contributed by atoms with van der Waals surface area (Å²) in [5.41, 5.74) is 4.16. The summed E-state index contributed by atoms with van der Waals surface area (Å²) in [6.45, 7) is 5.83. The summed E-state index contributed by atoms with van der Waals surface area (Å²) in [7, 11) is -3.48. The Morgan fingerprint density at radius 2 is 1.80 bits per heavy atom. The van der Waals surface area contributed by atoms with Gasteiger partial charge in [-0.3, -0.25) is 14.9 Å². The van der Waals surface area contributed by atoms with Crippen LogP contribution in [0.3, 0.4) is 0 Å². The predicted molar refractivity (Wildman–Crippen MR) is 172 cm³/mol. The molecule has 0 saturated carbocycles. The van der Waals surface area contributed by atoms with Crippen LogP contribution < -0.4 is 10.0 Å². The maximum absolute atomic E-state index is 15.4. The van der Waals surface area contributed by atoms with Crippen LogP contribution in [-0.2, 0) is 21.4 Å². The van der Waals surface area contributed by atoms with Gasteiger partial charge in [0.05, 0.1) is 18.1 Å². The number of amides is 1. The molecule has 14 heteroatoms. The largest absolute Gasteiger partial charge is 0.325 e. The molecule has 236 valence electrons. The molecule has 46 heavy (non-hydrogen) atoms. The molecule has 0 radical (unpaired) electrons. The van der Waals surface area contributed by atoms with Gasteiger partial charge in [0.2, 0.25) is 15.9 Å². The van der Waals surface area contributed by atoms with Gasteiger partial charge in [-0.2, -0.15) is 5.10 Å². The third-order valence-corrected chi connectivity index (χ3v) is 7.76. The molecular formula is C32H30F2N8O3S. The van der Waals surface area contributed by atoms with Crippen molar-refractivity contribution in [2.24, 2.45) is 5.41 Å². The first-order valence-corrected chi connectivity index (χ1v) is 16.1. The van der Waals surface area contributed by atoms with Gasteiger partial charge in [0.25, 0.3) is 0 Å². The van der Waals surface area contributed by atoms with E-state index in [4.69, 9.17) is 4.98 Å². The number of benzene rings is 2. The number of fused-ring (bicyclic) bond motifs is 2. The van der Waals surface area contributed by atoms with Crippen molar-refractivity contribution < 1.29 is 22.0 Å². The van der Waals surface area contributed by atoms with E-state index in [0.717, 1.165) is 6.26 Å². The number of halogens is 2. The van der Waals surface area contributed by atoms with Crippen LogP contribution in [0.25, 0.3) is 55.8 Å². The van der Waals surface area contributed by atoms with E-state index in [0.29, 0.717) is 68.0 Å². The van der Waals surface area contributed by atoms with E-state index in [-0.39, 0.29) is 23.4 Å². The van der Waals surface area contributed by atoms with Crippen molar-refractivity contribution in [1.29, 1.82) is 0 Å². The van der Waals surface area contributed by atoms with Gasteiger partial charge in [0.1, 0.15) is 28.4 Å². The number of hydrogen-bond donors (Lipinski definition) is 4. The monoisotopic (exact) mass is 644 g/mol. The number of hydrogen-bond acceptors (Lipinski definition) is 7. The van der Waals surface area contributed by atoms with Crippen LogP contribution >= 0.6 is 0 Å². The maximum Gasteiger partial charge on any atom is 0.224 e. The first kappa shape index (κ1) is 30.9. The number of carbonyl (C=O) groups excluding carboxylic acids is 1. The zero-order chi connectivity index (χ0) is 32.8. The molecule has 0 bridgehead atoms. The zero-order valence-electron chi connectivity index (χ0n) is 25.4. The Morgan fingerprint density at radius 1 is 1.00 bits per heavy atom. The molecule has 0 aliphatic carbocycles. The number of nitrogens with zero attached hydrogens (tertiary/aromatic N) is 4. The highest BCUT2D eigenvalue weighted by Gasteiger charge is 2.20. The van der Waals surface area contributed by atoms with Crippen LogP contribution in [0.5, 0.6) is 0 Å². The van der Waals surface area contributed by atoms with Crippen molar-refractivity contribution in [3.05, 3.63) is 78.3 Å². The summed E-state index contributed by atoms with van der Waals surface area (Å²) in [5.74, 6) is -0.937. The van der Waals surface area contributed by atoms with Crippen LogP contribution in [0, 0.1) is 17.0 Å². The normalized spacial score (nSPS) is 12.2. The minimum atomic E-state index is -3.48. The summed E-state index contributed by atoms with van der Waals surface area (Å²) in [4.78, 5) is 29.0. The topological polar surface area (TPSA) is 158 Å². The van der Waals surface area contributed by atoms with Crippen molar-refractivity contribution in [2.75, 3.05) is 11.6 Å². The highest BCUT2D eigenvalue weighted by molar-refractivity contribution is 7.88. The molecule has 1 amide bonds. The molecular weight excluding hydrogens is 614 g/mol. The number of imidazole rings is 1. The number of H-pyrrole nitrogens is 2. The van der Waals surface area contributed by atoms with Crippen LogP contribution in [0.15, 0.2) is 61.1 Å². The SMILES string of the molecule is CC(C)(C)CC(=O)Nc1cncc(-c2cc(F)c3[nH]nc(-c4nc5c(-c6cc(F)cc(CNS(C)(=O)=O)c6)ccnc5[nH]4)c3c2)c1. The Kier molecular flexibility index (Phi) is 7.86. The van der Waals surface area contributed by atoms with Crippen molar-refractivity contribution in [3.8, 4) is 33.8 Å². The second-order valence-electron chi connectivity index (χ2n) is 12.3. The van der Waals surface area contributed by atoms with Gasteiger partial charge < -0.3 is 10.3 Å². The Bertz CT molecular complexity index is 2240. The van der Waals surface area contributed by atoms with Gasteiger partial charge in [-0.05, 0) is 64.6 Å². The fourth-order valence-electron chi connectivity index (χ4n) is 5.16. The number of aromatic amines is 2. The fraction of sp³-hybridized carbons (Fsp3) is 0.219. The molecule has 0 aliphatic rings. The second kappa shape index (κ2) is 11.7. The molecule has 2 aromatic carbocycles. The van der Waals surface area contributed by atoms with E-state index in [2.05, 4.69) is 35.2 Å². The zero-order valence-corrected chi connectivity index (χ0v) is 26.2. The van der Waals surface area contributed by atoms with Gasteiger partial charge in [0.15, 0.2) is 11.5 Å². The molecule has 6 aromatic rings. The van der Waals surface area contributed by atoms with Gasteiger partial charge >= 0.3 is 0 Å². The number of sulfonamides is 1. The van der Waals surface area contributed by atoms with Gasteiger partial charge in [0, 0.05) is 41.9 Å². The lowest BCUT2D eigenvalue weighted by molar-refractivity contribution is -0.117. The Morgan fingerprint density at radius 3 is 2.57 bits per heavy atom. The lowest BCUT2D eigenvalue weighted by Crippen LogP contribution is -2.21. The standard InChI is InChI=1S/C32H30F2N8O3S/c1-32(2,3)13-26(43)38-22-10-20(15-35-16-22)18-11-24-27(25(34)12-18)41-42-29(24)31-39-28-23(5-6-36-30(28)40-31)19-7-17(8-21(33)9-19)14-37-46(4,44)45/h5-12,15-16,37H,13-14H2,1-4H3,(H,38,43)(H,41,42)(H,36,39,40). The summed E-state index contributed by atoms with van der Waals surface area (Å²) >= 11 is 0. The van der Waals surface area contributed by atoms with E-state index in [1.807, 2.05) is 20.8 Å². The molecule has 0 atom stereocenters. The predicted octanol–water partition coefficient (Wildman–Crippen LogP) is 5.93. The molecule has 4 aromatic heterocycles. The van der Waals surface area contributed by atoms with Crippen LogP contribution in [0.2, 0.25) is 0 Å². The molecule has 0 saturated heterocycles. The Hall–Kier alpha value is -5.08. The molecule has 0 unspecified atom stereocenters. The van der Waals surface area contributed by atoms with E-state index in [1.54, 1.807) is 36.7 Å². The smallest absolute Gasteiger partial charge is 0.224 e. The van der Waals surface area contributed by atoms with Gasteiger partial charge in [-0.25, -0.2) is 31.9 Å². The van der Waals surface area contributed by atoms with Crippen molar-refractivity contribution >= 4 is 43.7 Å². The maximum atomic E-state index is 15.4. The number of aromatic nitrogens is 6. The summed E-state index contributed by atoms with van der Waals surface area (Å²) < 4.78 is 55.5. The van der Waals surface area contributed by atoms with Crippen LogP contribution in [-0.4, -0.2) is 50.7 Å². The number of rotatable bonds is 8. The van der Waals surface area contributed by atoms with Crippen molar-refractivity contribution in [3.63, 3.8) is 0 Å². The average molecular weight is 645 g/mol. The minimum absolute atomic E-state index is 0.0848. The quantitative estimate of drug-likeness (QED) is 0.160. The fourth-order valence-corrected chi connectivity index (χ4v) is 5.59. The van der Waals surface area contributed by atoms with E-state index in [9.17, 15) is 17.6 Å². The lowest BCUT2D eigenvalue weighted by Gasteiger charge is -2.17. The Labute approximate surface area is 263 Å². The summed E-state index contributed by atoms with van der Waals surface area (Å²) in [6, 6.07) is 10.8. The van der Waals surface area contributed by atoms with Gasteiger partial charge in [-0.1, -0.05) is 20.8 Å². The summed E-state index contributed by atoms with van der Waals surface area (Å²) in [5, 5.41) is 10.4. The summed E-state index contributed by atoms with van der Waals surface area (Å²) in [6.07, 6.45) is 6.01. The van der Waals surface area contributed by atoms with E-state index >= 15 is 4.39 Å². The number of pyridine rings is 2. The third kappa shape index (κ3) is 6.77. The molecule has 0 aliphatic heterocycles. The number of carbonyl (C=O) groups is 1. The molecule has 11 nitrogen and oxygen atoms in total. The van der Waals surface area contributed by atoms with E-state index < -0.39 is 21.7 Å². The molecule has 0 spiro atoms. The van der Waals surface area contributed by atoms with Crippen LogP contribution in [0.1, 0.15) is 32.8 Å². The third-order valence-electron chi connectivity index (χ3n) is 7.09. The second-order valence-corrected chi connectivity index (χ2v) is 14.1. The molecule has 4 N–H and O–H groups in total. The lowest BCUT2D eigenvalue weighted by atomic mass is 9.92. The van der Waals surface area contributed by atoms with Crippen molar-refractivity contribution in [1.82, 2.24) is 34.9 Å². The first-order valence-electron chi connectivity index (χ1n) is 14.2. The van der Waals surface area contributed by atoms with Gasteiger partial charge in [-0.15, -0.1) is 0 Å². The highest BCUT2D eigenvalue weighted by Crippen LogP contribution is 2.34.